The molecule has 0 aromatic heterocycles. The highest BCUT2D eigenvalue weighted by Crippen LogP contribution is 2.56. The maximum absolute atomic E-state index is 9.77. The van der Waals surface area contributed by atoms with Gasteiger partial charge in [-0.1, -0.05) is 30.6 Å². The van der Waals surface area contributed by atoms with E-state index < -0.39 is 24.1 Å². The lowest BCUT2D eigenvalue weighted by molar-refractivity contribution is -0.165. The van der Waals surface area contributed by atoms with Crippen LogP contribution in [0, 0.1) is 5.92 Å². The van der Waals surface area contributed by atoms with E-state index >= 15 is 0 Å². The summed E-state index contributed by atoms with van der Waals surface area (Å²) in [6, 6.07) is 7.61. The van der Waals surface area contributed by atoms with Crippen LogP contribution in [0.1, 0.15) is 57.1 Å². The van der Waals surface area contributed by atoms with Crippen LogP contribution in [0.5, 0.6) is 5.75 Å². The molecule has 1 saturated carbocycles. The summed E-state index contributed by atoms with van der Waals surface area (Å²) in [7, 11) is 1.80. The van der Waals surface area contributed by atoms with Crippen molar-refractivity contribution in [3.63, 3.8) is 0 Å². The number of carboxylic acids is 2. The first kappa shape index (κ1) is 26.2. The second-order valence-corrected chi connectivity index (χ2v) is 9.90. The van der Waals surface area contributed by atoms with Gasteiger partial charge in [-0.15, -0.1) is 0 Å². The van der Waals surface area contributed by atoms with Crippen LogP contribution in [0.2, 0.25) is 0 Å². The third-order valence-electron chi connectivity index (χ3n) is 7.70. The monoisotopic (exact) mass is 475 g/mol. The van der Waals surface area contributed by atoms with Gasteiger partial charge in [0.2, 0.25) is 0 Å². The van der Waals surface area contributed by atoms with Crippen LogP contribution in [-0.2, 0) is 21.4 Å². The first-order valence-corrected chi connectivity index (χ1v) is 12.0. The van der Waals surface area contributed by atoms with Crippen molar-refractivity contribution in [3.8, 4) is 5.75 Å². The summed E-state index contributed by atoms with van der Waals surface area (Å²) in [5.74, 6) is -1.66. The molecule has 2 fully saturated rings. The molecule has 2 unspecified atom stereocenters. The van der Waals surface area contributed by atoms with Crippen molar-refractivity contribution in [2.75, 3.05) is 20.2 Å². The third-order valence-corrected chi connectivity index (χ3v) is 7.70. The van der Waals surface area contributed by atoms with E-state index in [4.69, 9.17) is 25.2 Å². The molecule has 2 aliphatic carbocycles. The molecule has 8 nitrogen and oxygen atoms in total. The molecule has 1 heterocycles. The van der Waals surface area contributed by atoms with E-state index in [1.54, 1.807) is 18.2 Å². The van der Waals surface area contributed by atoms with Crippen molar-refractivity contribution >= 4 is 11.9 Å². The van der Waals surface area contributed by atoms with Gasteiger partial charge in [0.1, 0.15) is 5.75 Å². The topological polar surface area (TPSA) is 128 Å². The van der Waals surface area contributed by atoms with Gasteiger partial charge in [-0.05, 0) is 75.3 Å². The summed E-state index contributed by atoms with van der Waals surface area (Å²) in [5, 5.41) is 32.5. The Morgan fingerprint density at radius 3 is 2.41 bits per heavy atom. The molecule has 1 aromatic rings. The van der Waals surface area contributed by atoms with Crippen LogP contribution in [-0.4, -0.2) is 75.7 Å². The minimum atomic E-state index is -2.27. The minimum Gasteiger partial charge on any atom is -0.497 e. The van der Waals surface area contributed by atoms with E-state index in [0.29, 0.717) is 5.41 Å². The molecule has 8 heteroatoms. The Hall–Kier alpha value is -2.42. The van der Waals surface area contributed by atoms with Crippen LogP contribution in [0.15, 0.2) is 29.8 Å². The number of methoxy groups -OCH3 is 1. The molecule has 34 heavy (non-hydrogen) atoms. The summed E-state index contributed by atoms with van der Waals surface area (Å²) >= 11 is 0. The molecule has 3 aliphatic rings. The molecule has 0 spiro atoms. The fourth-order valence-electron chi connectivity index (χ4n) is 5.99. The van der Waals surface area contributed by atoms with Crippen molar-refractivity contribution in [1.29, 1.82) is 0 Å². The Kier molecular flexibility index (Phi) is 8.38. The molecule has 188 valence electrons. The summed E-state index contributed by atoms with van der Waals surface area (Å²) in [4.78, 5) is 22.3. The lowest BCUT2D eigenvalue weighted by Gasteiger charge is -2.59. The Labute approximate surface area is 200 Å². The molecule has 2 bridgehead atoms. The number of aliphatic carboxylic acids is 2. The van der Waals surface area contributed by atoms with Crippen LogP contribution in [0.3, 0.4) is 0 Å². The van der Waals surface area contributed by atoms with Crippen LogP contribution in [0.25, 0.3) is 0 Å². The highest BCUT2D eigenvalue weighted by atomic mass is 16.5. The molecular formula is C26H37NO7. The molecule has 1 aromatic carbocycles. The number of allylic oxidation sites excluding steroid dienone is 1. The van der Waals surface area contributed by atoms with E-state index in [-0.39, 0.29) is 0 Å². The SMILES string of the molecule is COc1ccc2c(c1)[C@@]13CCCC[C@H]1[C@@H](C2)N(CC=C(C)C)CC3.O=C(O)C(O)C(O)C(=O)O. The summed E-state index contributed by atoms with van der Waals surface area (Å²) in [5.41, 5.74) is 5.08. The number of rotatable bonds is 6. The molecule has 0 radical (unpaired) electrons. The Morgan fingerprint density at radius 1 is 1.15 bits per heavy atom. The zero-order valence-electron chi connectivity index (χ0n) is 20.2. The number of carboxylic acid groups (broad SMARTS) is 2. The first-order chi connectivity index (χ1) is 16.1. The Morgan fingerprint density at radius 2 is 1.82 bits per heavy atom. The predicted molar refractivity (Wildman–Crippen MR) is 127 cm³/mol. The Balaban J connectivity index is 0.000000277. The van der Waals surface area contributed by atoms with Crippen molar-refractivity contribution in [2.24, 2.45) is 5.92 Å². The predicted octanol–water partition coefficient (Wildman–Crippen LogP) is 2.60. The highest BCUT2D eigenvalue weighted by Gasteiger charge is 2.53. The van der Waals surface area contributed by atoms with Crippen LogP contribution >= 0.6 is 0 Å². The third kappa shape index (κ3) is 5.29. The number of ether oxygens (including phenoxy) is 1. The zero-order valence-corrected chi connectivity index (χ0v) is 20.2. The lowest BCUT2D eigenvalue weighted by Crippen LogP contribution is -2.60. The van der Waals surface area contributed by atoms with Gasteiger partial charge in [0, 0.05) is 18.0 Å². The van der Waals surface area contributed by atoms with Gasteiger partial charge in [-0.25, -0.2) is 9.59 Å². The molecule has 1 aliphatic heterocycles. The average Bonchev–Trinajstić information content (AvgIpc) is 2.82. The number of fused-ring (bicyclic) bond motifs is 1. The quantitative estimate of drug-likeness (QED) is 0.463. The number of carbonyl (C=O) groups is 2. The largest absolute Gasteiger partial charge is 0.497 e. The fourth-order valence-corrected chi connectivity index (χ4v) is 5.99. The van der Waals surface area contributed by atoms with Gasteiger partial charge in [0.15, 0.2) is 12.2 Å². The standard InChI is InChI=1S/C22H31NO.C4H6O6/c1-16(2)9-12-23-13-11-22-10-5-4-6-19(22)21(23)14-17-7-8-18(24-3)15-20(17)22;5-1(3(7)8)2(6)4(9)10/h7-9,15,19,21H,4-6,10-14H2,1-3H3;1-2,5-6H,(H,7,8)(H,9,10)/t19-,21+,22+;/m0./s1. The molecule has 1 saturated heterocycles. The van der Waals surface area contributed by atoms with Crippen molar-refractivity contribution < 1.29 is 34.8 Å². The van der Waals surface area contributed by atoms with Crippen LogP contribution < -0.4 is 4.74 Å². The maximum atomic E-state index is 9.77. The maximum Gasteiger partial charge on any atom is 0.335 e. The minimum absolute atomic E-state index is 0.423. The van der Waals surface area contributed by atoms with Crippen molar-refractivity contribution in [1.82, 2.24) is 4.90 Å². The van der Waals surface area contributed by atoms with Crippen molar-refractivity contribution in [3.05, 3.63) is 41.0 Å². The molecule has 0 amide bonds. The number of aliphatic hydroxyl groups is 2. The molecule has 4 rings (SSSR count). The molecular weight excluding hydrogens is 438 g/mol. The molecule has 4 N–H and O–H groups in total. The number of hydrogen-bond donors (Lipinski definition) is 4. The number of nitrogens with zero attached hydrogens (tertiary/aromatic N) is 1. The van der Waals surface area contributed by atoms with E-state index in [0.717, 1.165) is 24.3 Å². The first-order valence-electron chi connectivity index (χ1n) is 12.0. The normalized spacial score (nSPS) is 27.1. The highest BCUT2D eigenvalue weighted by molar-refractivity contribution is 5.83. The number of hydrogen-bond acceptors (Lipinski definition) is 6. The van der Waals surface area contributed by atoms with Gasteiger partial charge in [0.05, 0.1) is 7.11 Å². The van der Waals surface area contributed by atoms with E-state index in [2.05, 4.69) is 43.0 Å². The number of benzene rings is 1. The van der Waals surface area contributed by atoms with Crippen molar-refractivity contribution in [2.45, 2.75) is 76.0 Å². The fraction of sp³-hybridized carbons (Fsp3) is 0.615. The number of piperidine rings is 1. The summed E-state index contributed by atoms with van der Waals surface area (Å²) in [6.45, 7) is 6.82. The summed E-state index contributed by atoms with van der Waals surface area (Å²) in [6.07, 6.45) is 6.03. The van der Waals surface area contributed by atoms with Gasteiger partial charge in [0.25, 0.3) is 0 Å². The van der Waals surface area contributed by atoms with E-state index in [1.807, 2.05) is 0 Å². The summed E-state index contributed by atoms with van der Waals surface area (Å²) < 4.78 is 5.56. The van der Waals surface area contributed by atoms with Gasteiger partial charge >= 0.3 is 11.9 Å². The second kappa shape index (κ2) is 10.9. The van der Waals surface area contributed by atoms with E-state index in [9.17, 15) is 9.59 Å². The van der Waals surface area contributed by atoms with Gasteiger partial charge < -0.3 is 25.2 Å². The number of likely N-dealkylation sites (tertiary alicyclic amines) is 1. The zero-order chi connectivity index (χ0) is 25.0. The van der Waals surface area contributed by atoms with Gasteiger partial charge in [-0.2, -0.15) is 0 Å². The smallest absolute Gasteiger partial charge is 0.335 e. The van der Waals surface area contributed by atoms with Gasteiger partial charge in [-0.3, -0.25) is 4.90 Å². The average molecular weight is 476 g/mol. The second-order valence-electron chi connectivity index (χ2n) is 9.90. The van der Waals surface area contributed by atoms with Crippen LogP contribution in [0.4, 0.5) is 0 Å². The van der Waals surface area contributed by atoms with E-state index in [1.165, 1.54) is 50.6 Å². The Bertz CT molecular complexity index is 908. The lowest BCUT2D eigenvalue weighted by atomic mass is 9.52. The number of aliphatic hydroxyl groups excluding tert-OH is 2. The molecule has 5 atom stereocenters.